The second-order valence-electron chi connectivity index (χ2n) is 10.3. The molecule has 1 N–H and O–H groups in total. The zero-order valence-electron chi connectivity index (χ0n) is 22.9. The number of carbonyl (C=O) groups excluding carboxylic acids is 2. The van der Waals surface area contributed by atoms with Gasteiger partial charge in [0.05, 0.1) is 12.2 Å². The van der Waals surface area contributed by atoms with Crippen LogP contribution in [0, 0.1) is 0 Å². The zero-order valence-corrected chi connectivity index (χ0v) is 23.7. The highest BCUT2D eigenvalue weighted by Gasteiger charge is 2.56. The number of alkyl halides is 3. The largest absolute Gasteiger partial charge is 0.490 e. The average molecular weight is 608 g/mol. The number of hydrogen-bond acceptors (Lipinski definition) is 8. The first kappa shape index (κ1) is 31.3. The molecule has 230 valence electrons. The Balaban J connectivity index is 1.43. The Morgan fingerprint density at radius 3 is 2.27 bits per heavy atom. The molecule has 0 saturated carbocycles. The minimum atomic E-state index is -4.46. The lowest BCUT2D eigenvalue weighted by molar-refractivity contribution is -0.202. The summed E-state index contributed by atoms with van der Waals surface area (Å²) >= 11 is 0. The van der Waals surface area contributed by atoms with Crippen molar-refractivity contribution in [3.05, 3.63) is 29.8 Å². The molecule has 3 saturated heterocycles. The maximum atomic E-state index is 14.1. The molecule has 3 fully saturated rings. The summed E-state index contributed by atoms with van der Waals surface area (Å²) in [6, 6.07) is 4.33. The van der Waals surface area contributed by atoms with E-state index in [9.17, 15) is 31.2 Å². The van der Waals surface area contributed by atoms with Crippen LogP contribution in [0.3, 0.4) is 0 Å². The molecule has 1 atom stereocenters. The van der Waals surface area contributed by atoms with Crippen LogP contribution < -0.4 is 10.2 Å². The maximum absolute atomic E-state index is 14.1. The number of rotatable bonds is 8. The Hall–Kier alpha value is -2.62. The first-order chi connectivity index (χ1) is 19.5. The van der Waals surface area contributed by atoms with Gasteiger partial charge in [-0.2, -0.15) is 13.2 Å². The fraction of sp³-hybridized carbons (Fsp3) is 0.692. The predicted molar refractivity (Wildman–Crippen MR) is 139 cm³/mol. The van der Waals surface area contributed by atoms with Crippen molar-refractivity contribution in [1.82, 2.24) is 14.7 Å². The fourth-order valence-corrected chi connectivity index (χ4v) is 7.40. The third kappa shape index (κ3) is 7.24. The lowest BCUT2D eigenvalue weighted by atomic mass is 9.95. The van der Waals surface area contributed by atoms with Gasteiger partial charge in [0.15, 0.2) is 11.0 Å². The average Bonchev–Trinajstić information content (AvgIpc) is 2.96. The third-order valence-corrected chi connectivity index (χ3v) is 10.3. The maximum Gasteiger partial charge on any atom is 0.416 e. The van der Waals surface area contributed by atoms with Crippen molar-refractivity contribution in [2.24, 2.45) is 0 Å². The van der Waals surface area contributed by atoms with Crippen LogP contribution in [0.15, 0.2) is 24.3 Å². The van der Waals surface area contributed by atoms with Crippen molar-refractivity contribution in [3.8, 4) is 5.75 Å². The highest BCUT2D eigenvalue weighted by Crippen LogP contribution is 2.36. The normalized spacial score (nSPS) is 22.6. The summed E-state index contributed by atoms with van der Waals surface area (Å²) in [7, 11) is -4.24. The van der Waals surface area contributed by atoms with Crippen LogP contribution in [-0.4, -0.2) is 86.2 Å². The summed E-state index contributed by atoms with van der Waals surface area (Å²) in [6.07, 6.45) is -3.61. The minimum absolute atomic E-state index is 0.00108. The Labute approximate surface area is 237 Å². The van der Waals surface area contributed by atoms with Gasteiger partial charge in [-0.3, -0.25) is 4.79 Å². The van der Waals surface area contributed by atoms with Crippen molar-refractivity contribution in [3.63, 3.8) is 0 Å². The van der Waals surface area contributed by atoms with Crippen molar-refractivity contribution in [2.75, 3.05) is 39.4 Å². The van der Waals surface area contributed by atoms with Crippen LogP contribution in [0.4, 0.5) is 18.0 Å². The monoisotopic (exact) mass is 607 g/mol. The van der Waals surface area contributed by atoms with Gasteiger partial charge in [0, 0.05) is 39.2 Å². The second kappa shape index (κ2) is 13.1. The van der Waals surface area contributed by atoms with E-state index in [1.807, 2.05) is 0 Å². The van der Waals surface area contributed by atoms with Gasteiger partial charge in [-0.1, -0.05) is 0 Å². The van der Waals surface area contributed by atoms with Crippen molar-refractivity contribution < 1.29 is 50.2 Å². The Kier molecular flexibility index (Phi) is 10.0. The molecule has 41 heavy (non-hydrogen) atoms. The summed E-state index contributed by atoms with van der Waals surface area (Å²) in [4.78, 5) is 32.6. The third-order valence-electron chi connectivity index (χ3n) is 7.65. The van der Waals surface area contributed by atoms with Crippen molar-refractivity contribution >= 4 is 22.0 Å². The van der Waals surface area contributed by atoms with Crippen LogP contribution in [0.5, 0.6) is 5.75 Å². The number of carbonyl (C=O) groups is 2. The van der Waals surface area contributed by atoms with Gasteiger partial charge < -0.3 is 19.1 Å². The van der Waals surface area contributed by atoms with Gasteiger partial charge in [0.25, 0.3) is 5.91 Å². The molecule has 0 bridgehead atoms. The highest BCUT2D eigenvalue weighted by atomic mass is 32.2. The van der Waals surface area contributed by atoms with Crippen LogP contribution in [0.25, 0.3) is 0 Å². The summed E-state index contributed by atoms with van der Waals surface area (Å²) in [5.41, 5.74) is 1.54. The molecule has 0 radical (unpaired) electrons. The standard InChI is InChI=1S/C26H36F3N3O8S/c1-2-37-24(34)31-16-12-25(13-17-31,23(33)30-40-22-5-3-4-18-38-22)41(35,36)32-14-10-21(11-15-32)39-20-8-6-19(7-9-20)26(27,28)29/h6-9,21-22H,2-5,10-18H2,1H3,(H,30,33). The Bertz CT molecular complexity index is 1140. The fourth-order valence-electron chi connectivity index (χ4n) is 5.24. The summed E-state index contributed by atoms with van der Waals surface area (Å²) in [5.74, 6) is -0.568. The van der Waals surface area contributed by atoms with Gasteiger partial charge >= 0.3 is 12.3 Å². The van der Waals surface area contributed by atoms with E-state index < -0.39 is 50.9 Å². The number of amides is 2. The number of hydroxylamine groups is 1. The van der Waals surface area contributed by atoms with Crippen LogP contribution >= 0.6 is 0 Å². The molecule has 3 aliphatic rings. The number of likely N-dealkylation sites (tertiary alicyclic amines) is 1. The Morgan fingerprint density at radius 1 is 1.05 bits per heavy atom. The number of piperidine rings is 2. The van der Waals surface area contributed by atoms with Crippen LogP contribution in [-0.2, 0) is 35.3 Å². The van der Waals surface area contributed by atoms with E-state index in [0.717, 1.165) is 25.0 Å². The lowest BCUT2D eigenvalue weighted by Crippen LogP contribution is -2.63. The predicted octanol–water partition coefficient (Wildman–Crippen LogP) is 3.44. The van der Waals surface area contributed by atoms with E-state index in [1.54, 1.807) is 6.92 Å². The molecule has 2 amide bonds. The topological polar surface area (TPSA) is 124 Å². The molecule has 11 nitrogen and oxygen atoms in total. The number of sulfonamides is 1. The van der Waals surface area contributed by atoms with E-state index in [0.29, 0.717) is 13.0 Å². The highest BCUT2D eigenvalue weighted by molar-refractivity contribution is 7.91. The molecule has 1 aromatic carbocycles. The van der Waals surface area contributed by atoms with E-state index >= 15 is 0 Å². The molecule has 0 aromatic heterocycles. The molecule has 4 rings (SSSR count). The van der Waals surface area contributed by atoms with E-state index in [4.69, 9.17) is 19.0 Å². The molecule has 3 heterocycles. The molecule has 0 spiro atoms. The molecular formula is C26H36F3N3O8S. The van der Waals surface area contributed by atoms with Gasteiger partial charge in [0.1, 0.15) is 11.9 Å². The van der Waals surface area contributed by atoms with E-state index in [2.05, 4.69) is 5.48 Å². The van der Waals surface area contributed by atoms with Gasteiger partial charge in [-0.25, -0.2) is 27.8 Å². The van der Waals surface area contributed by atoms with Gasteiger partial charge in [-0.15, -0.1) is 0 Å². The number of hydrogen-bond donors (Lipinski definition) is 1. The first-order valence-corrected chi connectivity index (χ1v) is 15.2. The second-order valence-corrected chi connectivity index (χ2v) is 12.5. The lowest BCUT2D eigenvalue weighted by Gasteiger charge is -2.43. The zero-order chi connectivity index (χ0) is 29.7. The van der Waals surface area contributed by atoms with Gasteiger partial charge in [0.2, 0.25) is 10.0 Å². The molecule has 3 aliphatic heterocycles. The van der Waals surface area contributed by atoms with E-state index in [1.165, 1.54) is 21.3 Å². The smallest absolute Gasteiger partial charge is 0.416 e. The van der Waals surface area contributed by atoms with Crippen LogP contribution in [0.1, 0.15) is 57.4 Å². The summed E-state index contributed by atoms with van der Waals surface area (Å²) in [5, 5.41) is 0. The number of benzene rings is 1. The minimum Gasteiger partial charge on any atom is -0.490 e. The number of nitrogens with one attached hydrogen (secondary N) is 1. The van der Waals surface area contributed by atoms with E-state index in [-0.39, 0.29) is 64.2 Å². The Morgan fingerprint density at radius 2 is 1.71 bits per heavy atom. The summed E-state index contributed by atoms with van der Waals surface area (Å²) in [6.45, 7) is 2.41. The molecule has 1 unspecified atom stereocenters. The quantitative estimate of drug-likeness (QED) is 0.446. The van der Waals surface area contributed by atoms with Crippen molar-refractivity contribution in [2.45, 2.75) is 75.2 Å². The number of nitrogens with zero attached hydrogens (tertiary/aromatic N) is 2. The number of halogens is 3. The molecule has 1 aromatic rings. The SMILES string of the molecule is CCOC(=O)N1CCC(C(=O)NOC2CCCCO2)(S(=O)(=O)N2CCC(Oc3ccc(C(F)(F)F)cc3)CC2)CC1. The van der Waals surface area contributed by atoms with Crippen LogP contribution in [0.2, 0.25) is 0 Å². The molecule has 15 heteroatoms. The molecular weight excluding hydrogens is 571 g/mol. The number of ether oxygens (including phenoxy) is 3. The summed E-state index contributed by atoms with van der Waals surface area (Å²) < 4.78 is 82.3. The van der Waals surface area contributed by atoms with Gasteiger partial charge in [-0.05, 0) is 69.7 Å². The first-order valence-electron chi connectivity index (χ1n) is 13.8. The van der Waals surface area contributed by atoms with Crippen molar-refractivity contribution in [1.29, 1.82) is 0 Å². The molecule has 0 aliphatic carbocycles.